The molecule has 0 aliphatic carbocycles. The zero-order chi connectivity index (χ0) is 13.3. The summed E-state index contributed by atoms with van der Waals surface area (Å²) in [5.74, 6) is 0.309. The number of nitro groups is 1. The maximum absolute atomic E-state index is 10.9. The third kappa shape index (κ3) is 2.31. The van der Waals surface area contributed by atoms with Crippen LogP contribution in [0.1, 0.15) is 29.9 Å². The van der Waals surface area contributed by atoms with Crippen LogP contribution in [0.25, 0.3) is 0 Å². The Morgan fingerprint density at radius 3 is 2.83 bits per heavy atom. The molecule has 1 unspecified atom stereocenters. The summed E-state index contributed by atoms with van der Waals surface area (Å²) in [6.07, 6.45) is 2.17. The van der Waals surface area contributed by atoms with Crippen molar-refractivity contribution in [2.75, 3.05) is 25.9 Å². The molecule has 98 valence electrons. The van der Waals surface area contributed by atoms with Crippen molar-refractivity contribution in [3.63, 3.8) is 0 Å². The molecule has 2 N–H and O–H groups in total. The molecule has 0 radical (unpaired) electrons. The number of likely N-dealkylation sites (tertiary alicyclic amines) is 1. The molecule has 0 bridgehead atoms. The molecule has 1 fully saturated rings. The molecule has 1 aromatic carbocycles. The second-order valence-electron chi connectivity index (χ2n) is 5.09. The minimum Gasteiger partial charge on any atom is -0.393 e. The molecule has 1 aromatic rings. The van der Waals surface area contributed by atoms with Crippen LogP contribution in [0.5, 0.6) is 0 Å². The lowest BCUT2D eigenvalue weighted by Crippen LogP contribution is -2.31. The molecule has 1 atom stereocenters. The Morgan fingerprint density at radius 2 is 2.22 bits per heavy atom. The number of rotatable bonds is 2. The van der Waals surface area contributed by atoms with Crippen molar-refractivity contribution in [3.8, 4) is 0 Å². The van der Waals surface area contributed by atoms with E-state index in [-0.39, 0.29) is 5.69 Å². The first kappa shape index (κ1) is 12.8. The van der Waals surface area contributed by atoms with E-state index in [1.165, 1.54) is 6.07 Å². The fraction of sp³-hybridized carbons (Fsp3) is 0.538. The molecule has 0 spiro atoms. The third-order valence-corrected chi connectivity index (χ3v) is 3.71. The zero-order valence-electron chi connectivity index (χ0n) is 10.8. The van der Waals surface area contributed by atoms with E-state index < -0.39 is 4.92 Å². The molecular weight excluding hydrogens is 230 g/mol. The van der Waals surface area contributed by atoms with Gasteiger partial charge in [-0.2, -0.15) is 0 Å². The second-order valence-corrected chi connectivity index (χ2v) is 5.09. The van der Waals surface area contributed by atoms with Crippen molar-refractivity contribution in [2.45, 2.75) is 25.7 Å². The van der Waals surface area contributed by atoms with Gasteiger partial charge >= 0.3 is 0 Å². The number of anilines is 1. The maximum atomic E-state index is 10.9. The summed E-state index contributed by atoms with van der Waals surface area (Å²) in [4.78, 5) is 12.8. The highest BCUT2D eigenvalue weighted by molar-refractivity contribution is 5.66. The second kappa shape index (κ2) is 4.94. The number of piperidine rings is 1. The quantitative estimate of drug-likeness (QED) is 0.496. The number of nitrogen functional groups attached to an aromatic ring is 1. The molecule has 1 saturated heterocycles. The van der Waals surface area contributed by atoms with Gasteiger partial charge in [0.1, 0.15) is 5.69 Å². The van der Waals surface area contributed by atoms with Gasteiger partial charge < -0.3 is 10.6 Å². The van der Waals surface area contributed by atoms with Crippen molar-refractivity contribution >= 4 is 11.4 Å². The summed E-state index contributed by atoms with van der Waals surface area (Å²) < 4.78 is 0. The number of nitrogens with two attached hydrogens (primary N) is 1. The standard InChI is InChI=1S/C13H19N3O2/c1-9-5-6-11(16(17)18)13(14)12(9)10-4-3-7-15(2)8-10/h5-6,10H,3-4,7-8,14H2,1-2H3. The van der Waals surface area contributed by atoms with Crippen molar-refractivity contribution in [1.29, 1.82) is 0 Å². The Morgan fingerprint density at radius 1 is 1.50 bits per heavy atom. The fourth-order valence-corrected chi connectivity index (χ4v) is 2.84. The Hall–Kier alpha value is -1.62. The number of hydrogen-bond acceptors (Lipinski definition) is 4. The van der Waals surface area contributed by atoms with Crippen molar-refractivity contribution < 1.29 is 4.92 Å². The van der Waals surface area contributed by atoms with E-state index >= 15 is 0 Å². The maximum Gasteiger partial charge on any atom is 0.292 e. The van der Waals surface area contributed by atoms with Crippen LogP contribution in [0, 0.1) is 17.0 Å². The molecule has 0 saturated carbocycles. The van der Waals surface area contributed by atoms with Crippen LogP contribution in [-0.4, -0.2) is 30.0 Å². The minimum atomic E-state index is -0.398. The number of benzene rings is 1. The highest BCUT2D eigenvalue weighted by Gasteiger charge is 2.26. The average molecular weight is 249 g/mol. The van der Waals surface area contributed by atoms with E-state index in [0.29, 0.717) is 11.6 Å². The highest BCUT2D eigenvalue weighted by Crippen LogP contribution is 2.37. The molecule has 1 aliphatic rings. The number of aryl methyl sites for hydroxylation is 1. The first-order chi connectivity index (χ1) is 8.50. The van der Waals surface area contributed by atoms with Gasteiger partial charge in [-0.15, -0.1) is 0 Å². The van der Waals surface area contributed by atoms with E-state index in [2.05, 4.69) is 11.9 Å². The molecular formula is C13H19N3O2. The summed E-state index contributed by atoms with van der Waals surface area (Å²) in [6.45, 7) is 3.99. The summed E-state index contributed by atoms with van der Waals surface area (Å²) >= 11 is 0. The van der Waals surface area contributed by atoms with Gasteiger partial charge in [0.05, 0.1) is 4.92 Å². The van der Waals surface area contributed by atoms with Crippen LogP contribution in [0.15, 0.2) is 12.1 Å². The van der Waals surface area contributed by atoms with Gasteiger partial charge in [0.25, 0.3) is 5.69 Å². The Kier molecular flexibility index (Phi) is 3.52. The number of nitro benzene ring substituents is 1. The number of hydrogen-bond donors (Lipinski definition) is 1. The van der Waals surface area contributed by atoms with Gasteiger partial charge in [-0.1, -0.05) is 6.07 Å². The lowest BCUT2D eigenvalue weighted by Gasteiger charge is -2.31. The normalized spacial score (nSPS) is 20.9. The lowest BCUT2D eigenvalue weighted by atomic mass is 9.86. The Labute approximate surface area is 107 Å². The predicted octanol–water partition coefficient (Wildman–Crippen LogP) is 2.29. The predicted molar refractivity (Wildman–Crippen MR) is 71.7 cm³/mol. The van der Waals surface area contributed by atoms with Crippen molar-refractivity contribution in [1.82, 2.24) is 4.90 Å². The molecule has 5 nitrogen and oxygen atoms in total. The van der Waals surface area contributed by atoms with Crippen LogP contribution >= 0.6 is 0 Å². The first-order valence-electron chi connectivity index (χ1n) is 6.22. The summed E-state index contributed by atoms with van der Waals surface area (Å²) in [5.41, 5.74) is 8.40. The molecule has 0 amide bonds. The SMILES string of the molecule is Cc1ccc([N+](=O)[O-])c(N)c1C1CCCN(C)C1. The first-order valence-corrected chi connectivity index (χ1v) is 6.22. The van der Waals surface area contributed by atoms with E-state index in [4.69, 9.17) is 5.73 Å². The molecule has 2 rings (SSSR count). The monoisotopic (exact) mass is 249 g/mol. The largest absolute Gasteiger partial charge is 0.393 e. The lowest BCUT2D eigenvalue weighted by molar-refractivity contribution is -0.384. The topological polar surface area (TPSA) is 72.4 Å². The van der Waals surface area contributed by atoms with Gasteiger partial charge in [0, 0.05) is 12.6 Å². The number of likely N-dealkylation sites (N-methyl/N-ethyl adjacent to an activating group) is 1. The van der Waals surface area contributed by atoms with Crippen LogP contribution in [0.3, 0.4) is 0 Å². The van der Waals surface area contributed by atoms with Crippen molar-refractivity contribution in [3.05, 3.63) is 33.4 Å². The van der Waals surface area contributed by atoms with Gasteiger partial charge in [0.15, 0.2) is 0 Å². The summed E-state index contributed by atoms with van der Waals surface area (Å²) in [6, 6.07) is 3.30. The molecule has 18 heavy (non-hydrogen) atoms. The van der Waals surface area contributed by atoms with Crippen LogP contribution < -0.4 is 5.73 Å². The molecule has 1 heterocycles. The zero-order valence-corrected chi connectivity index (χ0v) is 10.8. The van der Waals surface area contributed by atoms with Crippen molar-refractivity contribution in [2.24, 2.45) is 0 Å². The van der Waals surface area contributed by atoms with E-state index in [1.54, 1.807) is 6.07 Å². The Balaban J connectivity index is 2.42. The van der Waals surface area contributed by atoms with Crippen LogP contribution in [0.4, 0.5) is 11.4 Å². The van der Waals surface area contributed by atoms with E-state index in [0.717, 1.165) is 37.1 Å². The average Bonchev–Trinajstić information content (AvgIpc) is 2.28. The third-order valence-electron chi connectivity index (χ3n) is 3.71. The van der Waals surface area contributed by atoms with E-state index in [9.17, 15) is 10.1 Å². The summed E-state index contributed by atoms with van der Waals surface area (Å²) in [7, 11) is 2.08. The summed E-state index contributed by atoms with van der Waals surface area (Å²) in [5, 5.41) is 10.9. The van der Waals surface area contributed by atoms with Gasteiger partial charge in [0.2, 0.25) is 0 Å². The van der Waals surface area contributed by atoms with Crippen LogP contribution in [-0.2, 0) is 0 Å². The number of nitrogens with zero attached hydrogens (tertiary/aromatic N) is 2. The van der Waals surface area contributed by atoms with Gasteiger partial charge in [-0.25, -0.2) is 0 Å². The molecule has 1 aliphatic heterocycles. The molecule has 5 heteroatoms. The smallest absolute Gasteiger partial charge is 0.292 e. The van der Waals surface area contributed by atoms with Gasteiger partial charge in [-0.3, -0.25) is 10.1 Å². The highest BCUT2D eigenvalue weighted by atomic mass is 16.6. The minimum absolute atomic E-state index is 0.0313. The molecule has 0 aromatic heterocycles. The Bertz CT molecular complexity index is 474. The van der Waals surface area contributed by atoms with Crippen LogP contribution in [0.2, 0.25) is 0 Å². The van der Waals surface area contributed by atoms with E-state index in [1.807, 2.05) is 6.92 Å². The fourth-order valence-electron chi connectivity index (χ4n) is 2.84. The van der Waals surface area contributed by atoms with Gasteiger partial charge in [-0.05, 0) is 50.4 Å².